The number of nitrogens with one attached hydrogen (secondary N) is 3. The zero-order valence-corrected chi connectivity index (χ0v) is 20.3. The van der Waals surface area contributed by atoms with Crippen molar-refractivity contribution in [3.63, 3.8) is 0 Å². The lowest BCUT2D eigenvalue weighted by atomic mass is 9.98. The molecule has 2 aromatic heterocycles. The van der Waals surface area contributed by atoms with Crippen molar-refractivity contribution in [1.29, 1.82) is 0 Å². The van der Waals surface area contributed by atoms with Gasteiger partial charge in [0.05, 0.1) is 21.5 Å². The molecule has 1 aromatic carbocycles. The smallest absolute Gasteiger partial charge is 0.337 e. The van der Waals surface area contributed by atoms with E-state index in [1.165, 1.54) is 11.3 Å². The van der Waals surface area contributed by atoms with Gasteiger partial charge in [-0.15, -0.1) is 0 Å². The van der Waals surface area contributed by atoms with E-state index in [1.54, 1.807) is 12.1 Å². The number of fused-ring (bicyclic) bond motifs is 1. The number of imidazole rings is 1. The molecule has 1 amide bonds. The summed E-state index contributed by atoms with van der Waals surface area (Å²) >= 11 is 7.48. The Bertz CT molecular complexity index is 1180. The maximum absolute atomic E-state index is 12.8. The number of aromatic carboxylic acids is 1. The van der Waals surface area contributed by atoms with Crippen LogP contribution in [0, 0.1) is 0 Å². The van der Waals surface area contributed by atoms with Crippen LogP contribution in [0.3, 0.4) is 0 Å². The molecule has 0 unspecified atom stereocenters. The average molecular weight is 491 g/mol. The fourth-order valence-electron chi connectivity index (χ4n) is 4.10. The number of nitrogens with zero attached hydrogens (tertiary/aromatic N) is 3. The Labute approximate surface area is 200 Å². The van der Waals surface area contributed by atoms with Crippen molar-refractivity contribution in [3.8, 4) is 0 Å². The number of amides is 1. The summed E-state index contributed by atoms with van der Waals surface area (Å²) in [7, 11) is 0. The summed E-state index contributed by atoms with van der Waals surface area (Å²) < 4.78 is 0.672. The van der Waals surface area contributed by atoms with Crippen molar-refractivity contribution >= 4 is 50.2 Å². The molecule has 11 heteroatoms. The molecule has 0 bridgehead atoms. The quantitative estimate of drug-likeness (QED) is 0.400. The van der Waals surface area contributed by atoms with E-state index in [-0.39, 0.29) is 35.4 Å². The Morgan fingerprint density at radius 2 is 2.12 bits per heavy atom. The van der Waals surface area contributed by atoms with Crippen molar-refractivity contribution in [3.05, 3.63) is 40.4 Å². The van der Waals surface area contributed by atoms with Gasteiger partial charge in [-0.1, -0.05) is 49.8 Å². The lowest BCUT2D eigenvalue weighted by Gasteiger charge is -2.40. The number of carboxylic acid groups (broad SMARTS) is 1. The van der Waals surface area contributed by atoms with Crippen molar-refractivity contribution in [1.82, 2.24) is 25.6 Å². The minimum absolute atomic E-state index is 0.0234. The Morgan fingerprint density at radius 1 is 1.33 bits per heavy atom. The number of aromatic amines is 1. The number of piperidine rings is 1. The van der Waals surface area contributed by atoms with Crippen LogP contribution >= 0.6 is 22.9 Å². The fourth-order valence-corrected chi connectivity index (χ4v) is 5.47. The maximum Gasteiger partial charge on any atom is 0.337 e. The first-order valence-electron chi connectivity index (χ1n) is 11.0. The number of aromatic nitrogens is 3. The summed E-state index contributed by atoms with van der Waals surface area (Å²) in [5.74, 6) is -1.02. The number of carboxylic acids is 1. The molecule has 1 aliphatic rings. The monoisotopic (exact) mass is 490 g/mol. The Hall–Kier alpha value is -2.69. The highest BCUT2D eigenvalue weighted by Gasteiger charge is 2.33. The first-order valence-corrected chi connectivity index (χ1v) is 12.1. The van der Waals surface area contributed by atoms with Crippen molar-refractivity contribution < 1.29 is 14.7 Å². The molecule has 4 rings (SSSR count). The van der Waals surface area contributed by atoms with Gasteiger partial charge in [-0.05, 0) is 25.0 Å². The molecule has 0 spiro atoms. The summed E-state index contributed by atoms with van der Waals surface area (Å²) in [5.41, 5.74) is 1.68. The van der Waals surface area contributed by atoms with Gasteiger partial charge in [0.15, 0.2) is 16.1 Å². The van der Waals surface area contributed by atoms with Gasteiger partial charge in [0, 0.05) is 31.2 Å². The average Bonchev–Trinajstić information content (AvgIpc) is 3.37. The van der Waals surface area contributed by atoms with E-state index in [1.807, 2.05) is 13.0 Å². The van der Waals surface area contributed by atoms with E-state index < -0.39 is 5.97 Å². The number of H-pyrrole nitrogens is 1. The van der Waals surface area contributed by atoms with Crippen LogP contribution in [0.25, 0.3) is 10.2 Å². The molecule has 176 valence electrons. The van der Waals surface area contributed by atoms with Gasteiger partial charge in [-0.2, -0.15) is 0 Å². The van der Waals surface area contributed by atoms with Crippen LogP contribution in [-0.4, -0.2) is 63.1 Å². The molecule has 4 N–H and O–H groups in total. The predicted octanol–water partition coefficient (Wildman–Crippen LogP) is 3.31. The van der Waals surface area contributed by atoms with E-state index in [0.717, 1.165) is 10.8 Å². The van der Waals surface area contributed by atoms with E-state index in [9.17, 15) is 14.7 Å². The SMILES string of the molecule is CCc1[nH]c(C(=O)N[C@@H]2CCN(c3nc4cccc(C(=O)O)c4s3)C[C@H]2NC(C)C)nc1Cl. The standard InChI is InChI=1S/C22H27ClN6O3S/c1-4-13-18(23)28-19(25-13)20(30)26-14-8-9-29(10-16(14)24-11(2)3)22-27-15-7-5-6-12(21(31)32)17(15)33-22/h5-7,11,14,16,24H,4,8-10H2,1-3H3,(H,25,28)(H,26,30)(H,31,32)/t14-,16-/m1/s1. The zero-order valence-electron chi connectivity index (χ0n) is 18.7. The summed E-state index contributed by atoms with van der Waals surface area (Å²) in [4.78, 5) is 38.4. The third-order valence-corrected chi connectivity index (χ3v) is 7.16. The number of hydrogen-bond donors (Lipinski definition) is 4. The Balaban J connectivity index is 1.53. The summed E-state index contributed by atoms with van der Waals surface area (Å²) in [5, 5.41) is 17.2. The van der Waals surface area contributed by atoms with Crippen LogP contribution < -0.4 is 15.5 Å². The number of rotatable bonds is 7. The molecule has 3 heterocycles. The number of halogens is 1. The van der Waals surface area contributed by atoms with Crippen molar-refractivity contribution in [2.75, 3.05) is 18.0 Å². The van der Waals surface area contributed by atoms with Crippen LogP contribution in [0.4, 0.5) is 5.13 Å². The molecular formula is C22H27ClN6O3S. The number of aryl methyl sites for hydroxylation is 1. The molecule has 1 fully saturated rings. The first-order chi connectivity index (χ1) is 15.8. The molecule has 9 nitrogen and oxygen atoms in total. The third-order valence-electron chi connectivity index (χ3n) is 5.68. The van der Waals surface area contributed by atoms with Crippen LogP contribution in [0.2, 0.25) is 5.15 Å². The van der Waals surface area contributed by atoms with E-state index in [4.69, 9.17) is 11.6 Å². The van der Waals surface area contributed by atoms with E-state index in [2.05, 4.69) is 44.3 Å². The van der Waals surface area contributed by atoms with Gasteiger partial charge < -0.3 is 25.6 Å². The van der Waals surface area contributed by atoms with Crippen LogP contribution in [0.15, 0.2) is 18.2 Å². The Morgan fingerprint density at radius 3 is 2.79 bits per heavy atom. The van der Waals surface area contributed by atoms with Gasteiger partial charge in [0.2, 0.25) is 0 Å². The van der Waals surface area contributed by atoms with Crippen molar-refractivity contribution in [2.24, 2.45) is 0 Å². The van der Waals surface area contributed by atoms with Gasteiger partial charge in [0.1, 0.15) is 0 Å². The Kier molecular flexibility index (Phi) is 6.87. The topological polar surface area (TPSA) is 123 Å². The molecule has 0 aliphatic carbocycles. The second kappa shape index (κ2) is 9.66. The first kappa shape index (κ1) is 23.5. The summed E-state index contributed by atoms with van der Waals surface area (Å²) in [6.07, 6.45) is 1.37. The lowest BCUT2D eigenvalue weighted by Crippen LogP contribution is -2.60. The lowest BCUT2D eigenvalue weighted by molar-refractivity contribution is 0.0699. The van der Waals surface area contributed by atoms with Crippen LogP contribution in [-0.2, 0) is 6.42 Å². The minimum Gasteiger partial charge on any atom is -0.478 e. The molecule has 0 saturated carbocycles. The number of anilines is 1. The van der Waals surface area contributed by atoms with Gasteiger partial charge >= 0.3 is 5.97 Å². The third kappa shape index (κ3) is 4.97. The maximum atomic E-state index is 12.8. The fraction of sp³-hybridized carbons (Fsp3) is 0.455. The normalized spacial score (nSPS) is 18.8. The van der Waals surface area contributed by atoms with Gasteiger partial charge in [0.25, 0.3) is 5.91 Å². The molecule has 0 radical (unpaired) electrons. The second-order valence-electron chi connectivity index (χ2n) is 8.41. The number of benzene rings is 1. The minimum atomic E-state index is -0.958. The zero-order chi connectivity index (χ0) is 23.7. The van der Waals surface area contributed by atoms with E-state index in [0.29, 0.717) is 41.3 Å². The largest absolute Gasteiger partial charge is 0.478 e. The molecule has 1 saturated heterocycles. The number of carbonyl (C=O) groups excluding carboxylic acids is 1. The molecular weight excluding hydrogens is 464 g/mol. The highest BCUT2D eigenvalue weighted by Crippen LogP contribution is 2.33. The molecule has 1 aliphatic heterocycles. The van der Waals surface area contributed by atoms with Crippen LogP contribution in [0.5, 0.6) is 0 Å². The molecule has 33 heavy (non-hydrogen) atoms. The molecule has 2 atom stereocenters. The van der Waals surface area contributed by atoms with E-state index >= 15 is 0 Å². The second-order valence-corrected chi connectivity index (χ2v) is 9.74. The number of hydrogen-bond acceptors (Lipinski definition) is 7. The van der Waals surface area contributed by atoms with Gasteiger partial charge in [-0.3, -0.25) is 4.79 Å². The van der Waals surface area contributed by atoms with Gasteiger partial charge in [-0.25, -0.2) is 14.8 Å². The highest BCUT2D eigenvalue weighted by atomic mass is 35.5. The number of carbonyl (C=O) groups is 2. The number of thiazole rings is 1. The summed E-state index contributed by atoms with van der Waals surface area (Å²) in [6, 6.07) is 5.23. The summed E-state index contributed by atoms with van der Waals surface area (Å²) in [6.45, 7) is 7.39. The highest BCUT2D eigenvalue weighted by molar-refractivity contribution is 7.22. The van der Waals surface area contributed by atoms with Crippen molar-refractivity contribution in [2.45, 2.75) is 51.7 Å². The predicted molar refractivity (Wildman–Crippen MR) is 130 cm³/mol. The van der Waals surface area contributed by atoms with Crippen LogP contribution in [0.1, 0.15) is 53.9 Å². The molecule has 3 aromatic rings.